The minimum absolute atomic E-state index is 0. The number of nitrogens with zero attached hydrogens (tertiary/aromatic N) is 4. The van der Waals surface area contributed by atoms with Gasteiger partial charge in [-0.1, -0.05) is 11.3 Å². The molecular formula is C14H19ClN4OS. The molecule has 0 N–H and O–H groups in total. The number of hydrogen-bond acceptors (Lipinski definition) is 6. The molecule has 114 valence electrons. The van der Waals surface area contributed by atoms with Gasteiger partial charge < -0.3 is 9.80 Å². The fourth-order valence-corrected chi connectivity index (χ4v) is 3.55. The molecule has 0 atom stereocenters. The van der Waals surface area contributed by atoms with Crippen molar-refractivity contribution < 1.29 is 0 Å². The molecule has 7 heteroatoms. The lowest BCUT2D eigenvalue weighted by Crippen LogP contribution is -2.42. The average Bonchev–Trinajstić information content (AvgIpc) is 2.47. The largest absolute Gasteiger partial charge is 0.348 e. The van der Waals surface area contributed by atoms with E-state index in [1.807, 2.05) is 7.05 Å². The molecule has 0 amide bonds. The summed E-state index contributed by atoms with van der Waals surface area (Å²) in [6, 6.07) is 4.02. The summed E-state index contributed by atoms with van der Waals surface area (Å²) in [6.45, 7) is 2.19. The molecule has 1 aliphatic heterocycles. The van der Waals surface area contributed by atoms with Crippen LogP contribution in [0.3, 0.4) is 0 Å². The van der Waals surface area contributed by atoms with E-state index in [0.717, 1.165) is 35.9 Å². The van der Waals surface area contributed by atoms with Crippen LogP contribution in [0.25, 0.3) is 10.2 Å². The van der Waals surface area contributed by atoms with Gasteiger partial charge in [0.05, 0.1) is 5.39 Å². The maximum Gasteiger partial charge on any atom is 0.282 e. The number of rotatable bonds is 2. The van der Waals surface area contributed by atoms with Crippen molar-refractivity contribution in [3.8, 4) is 0 Å². The molecule has 0 radical (unpaired) electrons. The number of likely N-dealkylation sites (tertiary alicyclic amines) is 1. The topological polar surface area (TPSA) is 49.3 Å². The van der Waals surface area contributed by atoms with Crippen LogP contribution in [0.15, 0.2) is 23.1 Å². The summed E-state index contributed by atoms with van der Waals surface area (Å²) >= 11 is 1.49. The van der Waals surface area contributed by atoms with Crippen LogP contribution >= 0.6 is 23.7 Å². The van der Waals surface area contributed by atoms with Gasteiger partial charge >= 0.3 is 0 Å². The van der Waals surface area contributed by atoms with E-state index < -0.39 is 0 Å². The number of aromatic nitrogens is 2. The fraction of sp³-hybridized carbons (Fsp3) is 0.500. The lowest BCUT2D eigenvalue weighted by molar-refractivity contribution is 0.253. The number of anilines is 1. The second-order valence-electron chi connectivity index (χ2n) is 5.30. The third-order valence-electron chi connectivity index (χ3n) is 3.92. The van der Waals surface area contributed by atoms with Crippen molar-refractivity contribution in [2.45, 2.75) is 18.9 Å². The predicted octanol–water partition coefficient (Wildman–Crippen LogP) is 2.00. The highest BCUT2D eigenvalue weighted by Crippen LogP contribution is 2.25. The molecule has 0 unspecified atom stereocenters. The number of hydrogen-bond donors (Lipinski definition) is 0. The van der Waals surface area contributed by atoms with Crippen LogP contribution in [0, 0.1) is 0 Å². The summed E-state index contributed by atoms with van der Waals surface area (Å²) in [5, 5.41) is 1.38. The molecule has 1 fully saturated rings. The van der Waals surface area contributed by atoms with Crippen molar-refractivity contribution in [3.05, 3.63) is 28.7 Å². The van der Waals surface area contributed by atoms with E-state index in [-0.39, 0.29) is 18.0 Å². The summed E-state index contributed by atoms with van der Waals surface area (Å²) in [7, 11) is 4.18. The van der Waals surface area contributed by atoms with Crippen molar-refractivity contribution in [1.29, 1.82) is 0 Å². The maximum atomic E-state index is 12.1. The summed E-state index contributed by atoms with van der Waals surface area (Å²) < 4.78 is 0. The van der Waals surface area contributed by atoms with Crippen LogP contribution in [-0.2, 0) is 0 Å². The monoisotopic (exact) mass is 326 g/mol. The molecule has 3 rings (SSSR count). The average molecular weight is 327 g/mol. The van der Waals surface area contributed by atoms with Crippen LogP contribution in [0.1, 0.15) is 12.8 Å². The summed E-state index contributed by atoms with van der Waals surface area (Å²) in [4.78, 5) is 25.8. The molecule has 1 aliphatic rings. The van der Waals surface area contributed by atoms with Crippen LogP contribution < -0.4 is 10.5 Å². The zero-order valence-corrected chi connectivity index (χ0v) is 13.8. The number of piperidine rings is 1. The second-order valence-corrected chi connectivity index (χ2v) is 6.26. The first-order chi connectivity index (χ1) is 9.65. The highest BCUT2D eigenvalue weighted by molar-refractivity contribution is 7.21. The third kappa shape index (κ3) is 3.33. The van der Waals surface area contributed by atoms with E-state index in [1.165, 1.54) is 11.3 Å². The van der Waals surface area contributed by atoms with Crippen molar-refractivity contribution >= 4 is 39.1 Å². The van der Waals surface area contributed by atoms with Gasteiger partial charge in [-0.15, -0.1) is 12.4 Å². The minimum Gasteiger partial charge on any atom is -0.348 e. The normalized spacial score (nSPS) is 16.7. The maximum absolute atomic E-state index is 12.1. The molecule has 0 aromatic carbocycles. The van der Waals surface area contributed by atoms with E-state index in [9.17, 15) is 4.79 Å². The quantitative estimate of drug-likeness (QED) is 0.845. The van der Waals surface area contributed by atoms with Gasteiger partial charge in [0.1, 0.15) is 4.83 Å². The molecule has 0 spiro atoms. The molecule has 5 nitrogen and oxygen atoms in total. The molecule has 2 aromatic heterocycles. The van der Waals surface area contributed by atoms with E-state index in [1.54, 1.807) is 18.3 Å². The Kier molecular flexibility index (Phi) is 5.13. The lowest BCUT2D eigenvalue weighted by atomic mass is 10.0. The predicted molar refractivity (Wildman–Crippen MR) is 89.9 cm³/mol. The number of pyridine rings is 1. The Bertz CT molecular complexity index is 669. The van der Waals surface area contributed by atoms with Crippen molar-refractivity contribution in [3.63, 3.8) is 0 Å². The van der Waals surface area contributed by atoms with E-state index in [2.05, 4.69) is 26.8 Å². The van der Waals surface area contributed by atoms with Crippen molar-refractivity contribution in [1.82, 2.24) is 14.9 Å². The molecule has 0 saturated carbocycles. The Balaban J connectivity index is 0.00000161. The molecule has 21 heavy (non-hydrogen) atoms. The van der Waals surface area contributed by atoms with Crippen molar-refractivity contribution in [2.24, 2.45) is 0 Å². The van der Waals surface area contributed by atoms with Gasteiger partial charge in [0.15, 0.2) is 5.13 Å². The van der Waals surface area contributed by atoms with Gasteiger partial charge in [0, 0.05) is 19.3 Å². The molecule has 3 heterocycles. The zero-order valence-electron chi connectivity index (χ0n) is 12.2. The lowest BCUT2D eigenvalue weighted by Gasteiger charge is -2.35. The molecule has 0 bridgehead atoms. The van der Waals surface area contributed by atoms with Crippen LogP contribution in [0.5, 0.6) is 0 Å². The van der Waals surface area contributed by atoms with Gasteiger partial charge in [-0.05, 0) is 45.1 Å². The first-order valence-electron chi connectivity index (χ1n) is 6.82. The first-order valence-corrected chi connectivity index (χ1v) is 7.64. The SMILES string of the molecule is CN1CCC(N(C)c2nc(=O)c3cccnc3s2)CC1.Cl. The van der Waals surface area contributed by atoms with E-state index in [0.29, 0.717) is 11.4 Å². The summed E-state index contributed by atoms with van der Waals surface area (Å²) in [6.07, 6.45) is 3.93. The Labute approximate surface area is 134 Å². The van der Waals surface area contributed by atoms with Gasteiger partial charge in [0.25, 0.3) is 5.56 Å². The van der Waals surface area contributed by atoms with Crippen LogP contribution in [-0.4, -0.2) is 48.1 Å². The first kappa shape index (κ1) is 16.1. The van der Waals surface area contributed by atoms with Gasteiger partial charge in [-0.25, -0.2) is 4.98 Å². The van der Waals surface area contributed by atoms with E-state index >= 15 is 0 Å². The number of fused-ring (bicyclic) bond motifs is 1. The molecular weight excluding hydrogens is 308 g/mol. The van der Waals surface area contributed by atoms with Crippen molar-refractivity contribution in [2.75, 3.05) is 32.1 Å². The minimum atomic E-state index is -0.179. The van der Waals surface area contributed by atoms with Crippen LogP contribution in [0.2, 0.25) is 0 Å². The standard InChI is InChI=1S/C14H18N4OS.ClH/c1-17-8-5-10(6-9-17)18(2)14-16-12(19)11-4-3-7-15-13(11)20-14;/h3-4,7,10H,5-6,8-9H2,1-2H3;1H. The van der Waals surface area contributed by atoms with Gasteiger partial charge in [-0.2, -0.15) is 4.98 Å². The summed E-state index contributed by atoms with van der Waals surface area (Å²) in [5.74, 6) is 0. The summed E-state index contributed by atoms with van der Waals surface area (Å²) in [5.41, 5.74) is -0.179. The Morgan fingerprint density at radius 1 is 1.38 bits per heavy atom. The van der Waals surface area contributed by atoms with Gasteiger partial charge in [0.2, 0.25) is 0 Å². The smallest absolute Gasteiger partial charge is 0.282 e. The second kappa shape index (κ2) is 6.68. The Morgan fingerprint density at radius 2 is 2.10 bits per heavy atom. The molecule has 0 aliphatic carbocycles. The highest BCUT2D eigenvalue weighted by Gasteiger charge is 2.22. The highest BCUT2D eigenvalue weighted by atomic mass is 35.5. The third-order valence-corrected chi connectivity index (χ3v) is 5.00. The Morgan fingerprint density at radius 3 is 2.81 bits per heavy atom. The van der Waals surface area contributed by atoms with E-state index in [4.69, 9.17) is 0 Å². The molecule has 2 aromatic rings. The van der Waals surface area contributed by atoms with Gasteiger partial charge in [-0.3, -0.25) is 4.79 Å². The van der Waals surface area contributed by atoms with Crippen LogP contribution in [0.4, 0.5) is 5.13 Å². The fourth-order valence-electron chi connectivity index (χ4n) is 2.58. The number of halogens is 1. The Hall–Kier alpha value is -1.24. The zero-order chi connectivity index (χ0) is 14.1. The molecule has 1 saturated heterocycles.